The molecule has 0 saturated heterocycles. The molecule has 1 heterocycles. The van der Waals surface area contributed by atoms with Gasteiger partial charge in [-0.2, -0.15) is 0 Å². The highest BCUT2D eigenvalue weighted by atomic mass is 32.1. The van der Waals surface area contributed by atoms with Crippen LogP contribution in [0.1, 0.15) is 27.0 Å². The van der Waals surface area contributed by atoms with Crippen molar-refractivity contribution in [1.29, 1.82) is 0 Å². The molecule has 0 bridgehead atoms. The van der Waals surface area contributed by atoms with Crippen LogP contribution in [0.15, 0.2) is 0 Å². The average Bonchev–Trinajstić information content (AvgIpc) is 2.55. The Balaban J connectivity index is 3.31. The fourth-order valence-electron chi connectivity index (χ4n) is 1.22. The van der Waals surface area contributed by atoms with E-state index in [1.807, 2.05) is 6.92 Å². The molecule has 0 spiro atoms. The van der Waals surface area contributed by atoms with E-state index in [0.29, 0.717) is 11.5 Å². The minimum atomic E-state index is -0.656. The van der Waals surface area contributed by atoms with Gasteiger partial charge in [0.25, 0.3) is 5.91 Å². The molecular weight excluding hydrogens is 230 g/mol. The molecule has 0 fully saturated rings. The summed E-state index contributed by atoms with van der Waals surface area (Å²) in [6.45, 7) is 2.46. The smallest absolute Gasteiger partial charge is 0.343 e. The molecule has 16 heavy (non-hydrogen) atoms. The predicted octanol–water partition coefficient (Wildman–Crippen LogP) is 0.648. The Morgan fingerprint density at radius 2 is 2.12 bits per heavy atom. The van der Waals surface area contributed by atoms with Crippen LogP contribution in [0.3, 0.4) is 0 Å². The van der Waals surface area contributed by atoms with Gasteiger partial charge in [-0.15, -0.1) is 11.3 Å². The number of nitrogens with two attached hydrogens (primary N) is 2. The molecule has 6 nitrogen and oxygen atoms in total. The summed E-state index contributed by atoms with van der Waals surface area (Å²) in [5.41, 5.74) is 11.1. The average molecular weight is 243 g/mol. The molecule has 0 unspecified atom stereocenters. The van der Waals surface area contributed by atoms with E-state index in [0.717, 1.165) is 11.3 Å². The maximum atomic E-state index is 11.5. The van der Waals surface area contributed by atoms with E-state index in [9.17, 15) is 9.59 Å². The number of nitrogen functional groups attached to an aromatic ring is 1. The summed E-state index contributed by atoms with van der Waals surface area (Å²) < 4.78 is 4.59. The lowest BCUT2D eigenvalue weighted by molar-refractivity contribution is 0.0603. The maximum absolute atomic E-state index is 11.5. The second-order valence-electron chi connectivity index (χ2n) is 2.94. The summed E-state index contributed by atoms with van der Waals surface area (Å²) in [4.78, 5) is 22.7. The Bertz CT molecular complexity index is 428. The highest BCUT2D eigenvalue weighted by Gasteiger charge is 2.24. The van der Waals surface area contributed by atoms with Gasteiger partial charge in [0.15, 0.2) is 0 Å². The van der Waals surface area contributed by atoms with Gasteiger partial charge in [-0.3, -0.25) is 4.79 Å². The third kappa shape index (κ3) is 2.08. The molecule has 0 aliphatic carbocycles. The van der Waals surface area contributed by atoms with Gasteiger partial charge in [0.1, 0.15) is 15.4 Å². The van der Waals surface area contributed by atoms with Crippen molar-refractivity contribution in [3.8, 4) is 0 Å². The Labute approximate surface area is 96.6 Å². The predicted molar refractivity (Wildman–Crippen MR) is 62.8 cm³/mol. The van der Waals surface area contributed by atoms with Crippen molar-refractivity contribution in [2.24, 2.45) is 5.73 Å². The van der Waals surface area contributed by atoms with Gasteiger partial charge in [0, 0.05) is 6.54 Å². The molecule has 1 aromatic rings. The first-order valence-corrected chi connectivity index (χ1v) is 5.38. The van der Waals surface area contributed by atoms with Gasteiger partial charge in [-0.05, 0) is 6.92 Å². The van der Waals surface area contributed by atoms with E-state index in [2.05, 4.69) is 10.1 Å². The maximum Gasteiger partial charge on any atom is 0.343 e. The second kappa shape index (κ2) is 4.84. The van der Waals surface area contributed by atoms with E-state index >= 15 is 0 Å². The minimum Gasteiger partial charge on any atom is -0.465 e. The number of carbonyl (C=O) groups excluding carboxylic acids is 2. The molecule has 0 atom stereocenters. The quantitative estimate of drug-likeness (QED) is 0.673. The number of hydrogen-bond donors (Lipinski definition) is 3. The molecule has 0 aliphatic rings. The molecule has 0 aliphatic heterocycles. The van der Waals surface area contributed by atoms with Crippen LogP contribution in [-0.2, 0) is 4.74 Å². The Hall–Kier alpha value is -1.76. The van der Waals surface area contributed by atoms with Gasteiger partial charge in [-0.1, -0.05) is 0 Å². The topological polar surface area (TPSA) is 107 Å². The Kier molecular flexibility index (Phi) is 3.73. The fraction of sp³-hybridized carbons (Fsp3) is 0.333. The van der Waals surface area contributed by atoms with Crippen molar-refractivity contribution < 1.29 is 14.3 Å². The SMILES string of the molecule is CCNc1sc(C(N)=O)c(N)c1C(=O)OC. The standard InChI is InChI=1S/C9H13N3O3S/c1-3-12-8-4(9(14)15-2)5(10)6(16-8)7(11)13/h12H,3,10H2,1-2H3,(H2,11,13). The normalized spacial score (nSPS) is 9.88. The van der Waals surface area contributed by atoms with Gasteiger partial charge in [-0.25, -0.2) is 4.79 Å². The van der Waals surface area contributed by atoms with E-state index < -0.39 is 11.9 Å². The first-order valence-electron chi connectivity index (χ1n) is 4.57. The Morgan fingerprint density at radius 3 is 2.56 bits per heavy atom. The number of carbonyl (C=O) groups is 2. The van der Waals surface area contributed by atoms with Crippen LogP contribution in [0, 0.1) is 0 Å². The monoisotopic (exact) mass is 243 g/mol. The molecule has 0 radical (unpaired) electrons. The first-order chi connectivity index (χ1) is 7.52. The lowest BCUT2D eigenvalue weighted by atomic mass is 10.2. The lowest BCUT2D eigenvalue weighted by Crippen LogP contribution is -2.12. The molecule has 1 rings (SSSR count). The number of nitrogens with one attached hydrogen (secondary N) is 1. The number of hydrogen-bond acceptors (Lipinski definition) is 6. The summed E-state index contributed by atoms with van der Waals surface area (Å²) in [5.74, 6) is -1.24. The largest absolute Gasteiger partial charge is 0.465 e. The zero-order valence-electron chi connectivity index (χ0n) is 8.99. The molecule has 5 N–H and O–H groups in total. The molecule has 1 amide bonds. The van der Waals surface area contributed by atoms with Crippen LogP contribution < -0.4 is 16.8 Å². The zero-order chi connectivity index (χ0) is 12.3. The van der Waals surface area contributed by atoms with E-state index in [1.165, 1.54) is 7.11 Å². The van der Waals surface area contributed by atoms with Crippen molar-refractivity contribution in [1.82, 2.24) is 0 Å². The third-order valence-corrected chi connectivity index (χ3v) is 3.07. The summed E-state index contributed by atoms with van der Waals surface area (Å²) in [7, 11) is 1.25. The molecular formula is C9H13N3O3S. The number of ether oxygens (including phenoxy) is 1. The number of primary amides is 1. The highest BCUT2D eigenvalue weighted by Crippen LogP contribution is 2.35. The van der Waals surface area contributed by atoms with Crippen LogP contribution in [-0.4, -0.2) is 25.5 Å². The van der Waals surface area contributed by atoms with Crippen LogP contribution in [0.4, 0.5) is 10.7 Å². The summed E-state index contributed by atoms with van der Waals surface area (Å²) >= 11 is 1.05. The summed E-state index contributed by atoms with van der Waals surface area (Å²) in [6.07, 6.45) is 0. The van der Waals surface area contributed by atoms with E-state index in [4.69, 9.17) is 11.5 Å². The van der Waals surface area contributed by atoms with Gasteiger partial charge < -0.3 is 21.5 Å². The highest BCUT2D eigenvalue weighted by molar-refractivity contribution is 7.19. The van der Waals surface area contributed by atoms with Crippen molar-refractivity contribution in [2.45, 2.75) is 6.92 Å². The minimum absolute atomic E-state index is 0.0697. The number of esters is 1. The number of amides is 1. The third-order valence-electron chi connectivity index (χ3n) is 1.90. The number of anilines is 2. The van der Waals surface area contributed by atoms with Gasteiger partial charge in [0.05, 0.1) is 12.8 Å². The lowest BCUT2D eigenvalue weighted by Gasteiger charge is -2.03. The summed E-state index contributed by atoms with van der Waals surface area (Å²) in [6, 6.07) is 0. The zero-order valence-corrected chi connectivity index (χ0v) is 9.81. The van der Waals surface area contributed by atoms with E-state index in [1.54, 1.807) is 0 Å². The Morgan fingerprint density at radius 1 is 1.50 bits per heavy atom. The van der Waals surface area contributed by atoms with Gasteiger partial charge >= 0.3 is 5.97 Å². The van der Waals surface area contributed by atoms with Crippen molar-refractivity contribution in [3.63, 3.8) is 0 Å². The van der Waals surface area contributed by atoms with Crippen LogP contribution in [0.2, 0.25) is 0 Å². The van der Waals surface area contributed by atoms with Crippen LogP contribution in [0.25, 0.3) is 0 Å². The number of thiophene rings is 1. The second-order valence-corrected chi connectivity index (χ2v) is 3.96. The van der Waals surface area contributed by atoms with Crippen LogP contribution >= 0.6 is 11.3 Å². The van der Waals surface area contributed by atoms with Crippen molar-refractivity contribution in [3.05, 3.63) is 10.4 Å². The number of methoxy groups -OCH3 is 1. The molecule has 1 aromatic heterocycles. The molecule has 0 aromatic carbocycles. The van der Waals surface area contributed by atoms with E-state index in [-0.39, 0.29) is 16.1 Å². The van der Waals surface area contributed by atoms with Crippen LogP contribution in [0.5, 0.6) is 0 Å². The first kappa shape index (κ1) is 12.3. The molecule has 7 heteroatoms. The molecule has 88 valence electrons. The molecule has 0 saturated carbocycles. The van der Waals surface area contributed by atoms with Gasteiger partial charge in [0.2, 0.25) is 0 Å². The van der Waals surface area contributed by atoms with Crippen molar-refractivity contribution in [2.75, 3.05) is 24.7 Å². The number of rotatable bonds is 4. The summed E-state index contributed by atoms with van der Waals surface area (Å²) in [5, 5.41) is 3.44. The fourth-order valence-corrected chi connectivity index (χ4v) is 2.25. The van der Waals surface area contributed by atoms with Crippen molar-refractivity contribution >= 4 is 33.9 Å².